The molecule has 0 aromatic heterocycles. The highest BCUT2D eigenvalue weighted by Crippen LogP contribution is 2.08. The highest BCUT2D eigenvalue weighted by Gasteiger charge is 2.15. The van der Waals surface area contributed by atoms with Crippen molar-refractivity contribution < 1.29 is 9.53 Å². The number of piperidine rings is 1. The van der Waals surface area contributed by atoms with E-state index in [1.54, 1.807) is 0 Å². The van der Waals surface area contributed by atoms with Crippen LogP contribution in [0.1, 0.15) is 32.6 Å². The quantitative estimate of drug-likeness (QED) is 0.609. The first-order valence-electron chi connectivity index (χ1n) is 4.26. The van der Waals surface area contributed by atoms with Crippen LogP contribution in [0.25, 0.3) is 0 Å². The summed E-state index contributed by atoms with van der Waals surface area (Å²) in [5.41, 5.74) is 0. The second kappa shape index (κ2) is 4.34. The molecule has 1 saturated heterocycles. The Hall–Kier alpha value is -0.570. The van der Waals surface area contributed by atoms with E-state index in [2.05, 4.69) is 5.32 Å². The Labute approximate surface area is 67.1 Å². The molecule has 0 aliphatic carbocycles. The van der Waals surface area contributed by atoms with Gasteiger partial charge in [-0.05, 0) is 25.8 Å². The van der Waals surface area contributed by atoms with Crippen molar-refractivity contribution in [2.45, 2.75) is 38.8 Å². The van der Waals surface area contributed by atoms with Gasteiger partial charge in [-0.25, -0.2) is 0 Å². The minimum absolute atomic E-state index is 0.0174. The number of hydrogen-bond acceptors (Lipinski definition) is 3. The van der Waals surface area contributed by atoms with Crippen LogP contribution in [0, 0.1) is 0 Å². The molecule has 64 valence electrons. The van der Waals surface area contributed by atoms with Gasteiger partial charge in [0.15, 0.2) is 6.23 Å². The molecular weight excluding hydrogens is 142 g/mol. The van der Waals surface area contributed by atoms with Crippen LogP contribution in [-0.2, 0) is 9.53 Å². The summed E-state index contributed by atoms with van der Waals surface area (Å²) in [6.07, 6.45) is 3.77. The van der Waals surface area contributed by atoms with Crippen LogP contribution >= 0.6 is 0 Å². The van der Waals surface area contributed by atoms with Crippen molar-refractivity contribution in [2.75, 3.05) is 6.54 Å². The third kappa shape index (κ3) is 2.89. The van der Waals surface area contributed by atoms with Gasteiger partial charge in [0.05, 0.1) is 0 Å². The fourth-order valence-corrected chi connectivity index (χ4v) is 1.16. The van der Waals surface area contributed by atoms with Crippen molar-refractivity contribution in [3.63, 3.8) is 0 Å². The van der Waals surface area contributed by atoms with Crippen molar-refractivity contribution in [3.05, 3.63) is 0 Å². The van der Waals surface area contributed by atoms with Gasteiger partial charge < -0.3 is 4.74 Å². The van der Waals surface area contributed by atoms with Crippen LogP contribution in [0.4, 0.5) is 0 Å². The molecule has 11 heavy (non-hydrogen) atoms. The second-order valence-electron chi connectivity index (χ2n) is 2.78. The standard InChI is InChI=1S/C8H15NO2/c1-2-8(10)11-7-5-3-4-6-9-7/h7,9H,2-6H2,1H3. The molecule has 0 saturated carbocycles. The van der Waals surface area contributed by atoms with E-state index in [4.69, 9.17) is 4.74 Å². The third-order valence-electron chi connectivity index (χ3n) is 1.83. The molecule has 3 heteroatoms. The van der Waals surface area contributed by atoms with Gasteiger partial charge >= 0.3 is 5.97 Å². The summed E-state index contributed by atoms with van der Waals surface area (Å²) in [6, 6.07) is 0. The van der Waals surface area contributed by atoms with Gasteiger partial charge in [-0.2, -0.15) is 0 Å². The maximum absolute atomic E-state index is 10.8. The number of rotatable bonds is 2. The molecule has 1 aliphatic rings. The Morgan fingerprint density at radius 1 is 1.64 bits per heavy atom. The molecule has 1 atom stereocenters. The van der Waals surface area contributed by atoms with E-state index in [-0.39, 0.29) is 12.2 Å². The Bertz CT molecular complexity index is 130. The van der Waals surface area contributed by atoms with Gasteiger partial charge in [0, 0.05) is 6.42 Å². The molecule has 1 aliphatic heterocycles. The van der Waals surface area contributed by atoms with E-state index in [0.717, 1.165) is 19.4 Å². The van der Waals surface area contributed by atoms with Crippen molar-refractivity contribution in [1.29, 1.82) is 0 Å². The summed E-state index contributed by atoms with van der Waals surface area (Å²) in [7, 11) is 0. The largest absolute Gasteiger partial charge is 0.447 e. The van der Waals surface area contributed by atoms with E-state index in [0.29, 0.717) is 6.42 Å². The van der Waals surface area contributed by atoms with Crippen LogP contribution in [-0.4, -0.2) is 18.7 Å². The second-order valence-corrected chi connectivity index (χ2v) is 2.78. The zero-order valence-electron chi connectivity index (χ0n) is 6.93. The Kier molecular flexibility index (Phi) is 3.36. The molecule has 0 bridgehead atoms. The van der Waals surface area contributed by atoms with Crippen molar-refractivity contribution in [1.82, 2.24) is 5.32 Å². The SMILES string of the molecule is CCC(=O)OC1CCCCN1. The average molecular weight is 157 g/mol. The fourth-order valence-electron chi connectivity index (χ4n) is 1.16. The van der Waals surface area contributed by atoms with Gasteiger partial charge in [-0.3, -0.25) is 10.1 Å². The molecule has 0 radical (unpaired) electrons. The van der Waals surface area contributed by atoms with Gasteiger partial charge in [0.1, 0.15) is 0 Å². The van der Waals surface area contributed by atoms with Crippen LogP contribution < -0.4 is 5.32 Å². The smallest absolute Gasteiger partial charge is 0.307 e. The normalized spacial score (nSPS) is 24.6. The van der Waals surface area contributed by atoms with Crippen LogP contribution in [0.3, 0.4) is 0 Å². The van der Waals surface area contributed by atoms with Crippen molar-refractivity contribution >= 4 is 5.97 Å². The van der Waals surface area contributed by atoms with E-state index in [1.807, 2.05) is 6.92 Å². The monoisotopic (exact) mass is 157 g/mol. The molecule has 3 nitrogen and oxygen atoms in total. The first-order chi connectivity index (χ1) is 5.33. The lowest BCUT2D eigenvalue weighted by molar-refractivity contribution is -0.151. The zero-order chi connectivity index (χ0) is 8.10. The molecule has 0 aromatic rings. The number of ether oxygens (including phenoxy) is 1. The predicted octanol–water partition coefficient (Wildman–Crippen LogP) is 1.04. The molecule has 0 aromatic carbocycles. The van der Waals surface area contributed by atoms with Gasteiger partial charge in [0.2, 0.25) is 0 Å². The number of hydrogen-bond donors (Lipinski definition) is 1. The highest BCUT2D eigenvalue weighted by atomic mass is 16.6. The maximum Gasteiger partial charge on any atom is 0.307 e. The number of esters is 1. The summed E-state index contributed by atoms with van der Waals surface area (Å²) in [6.45, 7) is 2.78. The number of nitrogens with one attached hydrogen (secondary N) is 1. The van der Waals surface area contributed by atoms with Crippen LogP contribution in [0.15, 0.2) is 0 Å². The minimum Gasteiger partial charge on any atom is -0.447 e. The molecule has 0 spiro atoms. The summed E-state index contributed by atoms with van der Waals surface area (Å²) in [4.78, 5) is 10.8. The zero-order valence-corrected chi connectivity index (χ0v) is 6.93. The molecular formula is C8H15NO2. The Morgan fingerprint density at radius 2 is 2.45 bits per heavy atom. The van der Waals surface area contributed by atoms with E-state index in [9.17, 15) is 4.79 Å². The van der Waals surface area contributed by atoms with Crippen LogP contribution in [0.5, 0.6) is 0 Å². The van der Waals surface area contributed by atoms with Gasteiger partial charge in [0.25, 0.3) is 0 Å². The summed E-state index contributed by atoms with van der Waals surface area (Å²) >= 11 is 0. The summed E-state index contributed by atoms with van der Waals surface area (Å²) in [5, 5.41) is 3.14. The molecule has 1 fully saturated rings. The lowest BCUT2D eigenvalue weighted by atomic mass is 10.1. The van der Waals surface area contributed by atoms with E-state index >= 15 is 0 Å². The summed E-state index contributed by atoms with van der Waals surface area (Å²) in [5.74, 6) is -0.107. The number of carbonyl (C=O) groups excluding carboxylic acids is 1. The molecule has 0 amide bonds. The minimum atomic E-state index is -0.107. The topological polar surface area (TPSA) is 38.3 Å². The molecule has 1 heterocycles. The van der Waals surface area contributed by atoms with Crippen LogP contribution in [0.2, 0.25) is 0 Å². The molecule has 1 N–H and O–H groups in total. The predicted molar refractivity (Wildman–Crippen MR) is 42.0 cm³/mol. The Morgan fingerprint density at radius 3 is 3.00 bits per heavy atom. The fraction of sp³-hybridized carbons (Fsp3) is 0.875. The van der Waals surface area contributed by atoms with Gasteiger partial charge in [-0.15, -0.1) is 0 Å². The lowest BCUT2D eigenvalue weighted by Crippen LogP contribution is -2.37. The molecule has 1 unspecified atom stereocenters. The van der Waals surface area contributed by atoms with E-state index in [1.165, 1.54) is 6.42 Å². The van der Waals surface area contributed by atoms with Crippen molar-refractivity contribution in [3.8, 4) is 0 Å². The first kappa shape index (κ1) is 8.53. The van der Waals surface area contributed by atoms with Crippen molar-refractivity contribution in [2.24, 2.45) is 0 Å². The molecule has 1 rings (SSSR count). The Balaban J connectivity index is 2.19. The highest BCUT2D eigenvalue weighted by molar-refractivity contribution is 5.69. The first-order valence-corrected chi connectivity index (χ1v) is 4.26. The lowest BCUT2D eigenvalue weighted by Gasteiger charge is -2.22. The van der Waals surface area contributed by atoms with Gasteiger partial charge in [-0.1, -0.05) is 6.92 Å². The number of carbonyl (C=O) groups is 1. The average Bonchev–Trinajstić information content (AvgIpc) is 2.06. The third-order valence-corrected chi connectivity index (χ3v) is 1.83. The van der Waals surface area contributed by atoms with E-state index < -0.39 is 0 Å². The summed E-state index contributed by atoms with van der Waals surface area (Å²) < 4.78 is 5.09. The maximum atomic E-state index is 10.8.